The zero-order chi connectivity index (χ0) is 19.6. The Morgan fingerprint density at radius 3 is 2.56 bits per heavy atom. The van der Waals surface area contributed by atoms with Crippen molar-refractivity contribution in [3.63, 3.8) is 0 Å². The molecule has 0 aliphatic carbocycles. The summed E-state index contributed by atoms with van der Waals surface area (Å²) in [6.07, 6.45) is 0. The van der Waals surface area contributed by atoms with Crippen molar-refractivity contribution in [3.05, 3.63) is 65.2 Å². The summed E-state index contributed by atoms with van der Waals surface area (Å²) in [7, 11) is 0. The second-order valence-corrected chi connectivity index (χ2v) is 7.43. The topological polar surface area (TPSA) is 47.8 Å². The number of carbonyl (C=O) groups excluding carboxylic acids is 1. The molecule has 0 unspecified atom stereocenters. The second-order valence-electron chi connectivity index (χ2n) is 6.12. The molecule has 0 N–H and O–H groups in total. The average molecular weight is 387 g/mol. The number of nitrogens with zero attached hydrogens (tertiary/aromatic N) is 3. The fraction of sp³-hybridized carbons (Fsp3) is 0.250. The van der Waals surface area contributed by atoms with E-state index in [9.17, 15) is 13.6 Å². The maximum Gasteiger partial charge on any atom is 0.192 e. The minimum Gasteiger partial charge on any atom is -0.302 e. The highest BCUT2D eigenvalue weighted by molar-refractivity contribution is 8.00. The Bertz CT molecular complexity index is 987. The van der Waals surface area contributed by atoms with E-state index in [4.69, 9.17) is 0 Å². The SMILES string of the molecule is CCn1c(S[C@H](C)C(=O)c2ccc(F)c(F)c2)nnc1-c1ccccc1C. The van der Waals surface area contributed by atoms with E-state index in [0.29, 0.717) is 11.7 Å². The molecule has 0 aliphatic rings. The van der Waals surface area contributed by atoms with Gasteiger partial charge in [0, 0.05) is 17.7 Å². The number of carbonyl (C=O) groups is 1. The third kappa shape index (κ3) is 3.93. The van der Waals surface area contributed by atoms with E-state index in [1.807, 2.05) is 42.7 Å². The predicted molar refractivity (Wildman–Crippen MR) is 102 cm³/mol. The van der Waals surface area contributed by atoms with Crippen molar-refractivity contribution in [2.24, 2.45) is 0 Å². The molecule has 3 aromatic rings. The highest BCUT2D eigenvalue weighted by Crippen LogP contribution is 2.29. The maximum atomic E-state index is 13.4. The van der Waals surface area contributed by atoms with Crippen LogP contribution >= 0.6 is 11.8 Å². The molecule has 0 aliphatic heterocycles. The Kier molecular flexibility index (Phi) is 5.70. The van der Waals surface area contributed by atoms with Crippen LogP contribution in [0.1, 0.15) is 29.8 Å². The molecule has 0 fully saturated rings. The number of hydrogen-bond acceptors (Lipinski definition) is 4. The highest BCUT2D eigenvalue weighted by Gasteiger charge is 2.22. The van der Waals surface area contributed by atoms with Crippen molar-refractivity contribution in [2.75, 3.05) is 0 Å². The maximum absolute atomic E-state index is 13.4. The Morgan fingerprint density at radius 1 is 1.15 bits per heavy atom. The molecule has 1 atom stereocenters. The van der Waals surface area contributed by atoms with Crippen LogP contribution in [-0.2, 0) is 6.54 Å². The van der Waals surface area contributed by atoms with Gasteiger partial charge in [-0.3, -0.25) is 4.79 Å². The monoisotopic (exact) mass is 387 g/mol. The summed E-state index contributed by atoms with van der Waals surface area (Å²) in [6, 6.07) is 11.1. The predicted octanol–water partition coefficient (Wildman–Crippen LogP) is 4.92. The number of aryl methyl sites for hydroxylation is 1. The summed E-state index contributed by atoms with van der Waals surface area (Å²) in [4.78, 5) is 12.6. The Hall–Kier alpha value is -2.54. The summed E-state index contributed by atoms with van der Waals surface area (Å²) in [5.41, 5.74) is 2.20. The van der Waals surface area contributed by atoms with Gasteiger partial charge in [-0.2, -0.15) is 0 Å². The number of aromatic nitrogens is 3. The average Bonchev–Trinajstić information content (AvgIpc) is 3.06. The first kappa shape index (κ1) is 19.2. The summed E-state index contributed by atoms with van der Waals surface area (Å²) < 4.78 is 28.5. The fourth-order valence-corrected chi connectivity index (χ4v) is 3.77. The van der Waals surface area contributed by atoms with Crippen molar-refractivity contribution in [1.82, 2.24) is 14.8 Å². The summed E-state index contributed by atoms with van der Waals surface area (Å²) in [5.74, 6) is -1.55. The number of benzene rings is 2. The molecule has 0 bridgehead atoms. The van der Waals surface area contributed by atoms with Crippen molar-refractivity contribution in [1.29, 1.82) is 0 Å². The van der Waals surface area contributed by atoms with Crippen LogP contribution < -0.4 is 0 Å². The minimum absolute atomic E-state index is 0.135. The van der Waals surface area contributed by atoms with Gasteiger partial charge >= 0.3 is 0 Å². The molecular formula is C20H19F2N3OS. The lowest BCUT2D eigenvalue weighted by Crippen LogP contribution is -2.15. The van der Waals surface area contributed by atoms with Gasteiger partial charge in [-0.25, -0.2) is 8.78 Å². The molecule has 0 spiro atoms. The summed E-state index contributed by atoms with van der Waals surface area (Å²) in [5, 5.41) is 8.63. The first-order valence-electron chi connectivity index (χ1n) is 8.57. The van der Waals surface area contributed by atoms with Crippen LogP contribution in [0.5, 0.6) is 0 Å². The molecule has 2 aromatic carbocycles. The smallest absolute Gasteiger partial charge is 0.192 e. The lowest BCUT2D eigenvalue weighted by Gasteiger charge is -2.12. The Labute approximate surface area is 160 Å². The van der Waals surface area contributed by atoms with Gasteiger partial charge in [0.25, 0.3) is 0 Å². The van der Waals surface area contributed by atoms with Gasteiger partial charge in [0.05, 0.1) is 5.25 Å². The van der Waals surface area contributed by atoms with E-state index in [1.165, 1.54) is 17.8 Å². The quantitative estimate of drug-likeness (QED) is 0.445. The molecular weight excluding hydrogens is 368 g/mol. The van der Waals surface area contributed by atoms with Gasteiger partial charge in [0.2, 0.25) is 0 Å². The first-order valence-corrected chi connectivity index (χ1v) is 9.45. The number of hydrogen-bond donors (Lipinski definition) is 0. The molecule has 0 saturated carbocycles. The molecule has 1 aromatic heterocycles. The fourth-order valence-electron chi connectivity index (χ4n) is 2.78. The van der Waals surface area contributed by atoms with Crippen LogP contribution in [0.4, 0.5) is 8.78 Å². The number of halogens is 2. The highest BCUT2D eigenvalue weighted by atomic mass is 32.2. The van der Waals surface area contributed by atoms with Crippen LogP contribution in [0.3, 0.4) is 0 Å². The molecule has 0 amide bonds. The standard InChI is InChI=1S/C20H19F2N3OS/c1-4-25-19(15-8-6-5-7-12(15)2)23-24-20(25)27-13(3)18(26)14-9-10-16(21)17(22)11-14/h5-11,13H,4H2,1-3H3/t13-/m1/s1. The van der Waals surface area contributed by atoms with Crippen LogP contribution in [0.2, 0.25) is 0 Å². The van der Waals surface area contributed by atoms with E-state index >= 15 is 0 Å². The molecule has 3 rings (SSSR count). The first-order chi connectivity index (χ1) is 12.9. The van der Waals surface area contributed by atoms with Crippen LogP contribution in [0, 0.1) is 18.6 Å². The number of Topliss-reactive ketones (excluding diaryl/α,β-unsaturated/α-hetero) is 1. The van der Waals surface area contributed by atoms with Crippen LogP contribution in [0.15, 0.2) is 47.6 Å². The van der Waals surface area contributed by atoms with E-state index in [2.05, 4.69) is 10.2 Å². The Balaban J connectivity index is 1.86. The Morgan fingerprint density at radius 2 is 1.89 bits per heavy atom. The lowest BCUT2D eigenvalue weighted by atomic mass is 10.1. The van der Waals surface area contributed by atoms with E-state index in [-0.39, 0.29) is 11.3 Å². The van der Waals surface area contributed by atoms with Gasteiger partial charge in [0.1, 0.15) is 0 Å². The zero-order valence-corrected chi connectivity index (χ0v) is 16.1. The molecule has 27 heavy (non-hydrogen) atoms. The number of rotatable bonds is 6. The van der Waals surface area contributed by atoms with Crippen LogP contribution in [0.25, 0.3) is 11.4 Å². The third-order valence-electron chi connectivity index (χ3n) is 4.27. The molecule has 0 radical (unpaired) electrons. The van der Waals surface area contributed by atoms with Crippen molar-refractivity contribution < 1.29 is 13.6 Å². The minimum atomic E-state index is -1.03. The normalized spacial score (nSPS) is 12.2. The van der Waals surface area contributed by atoms with E-state index < -0.39 is 16.9 Å². The van der Waals surface area contributed by atoms with Gasteiger partial charge in [0.15, 0.2) is 28.4 Å². The van der Waals surface area contributed by atoms with Gasteiger partial charge in [-0.05, 0) is 44.5 Å². The largest absolute Gasteiger partial charge is 0.302 e. The van der Waals surface area contributed by atoms with Crippen molar-refractivity contribution in [3.8, 4) is 11.4 Å². The number of thioether (sulfide) groups is 1. The number of ketones is 1. The summed E-state index contributed by atoms with van der Waals surface area (Å²) >= 11 is 1.25. The zero-order valence-electron chi connectivity index (χ0n) is 15.2. The van der Waals surface area contributed by atoms with Gasteiger partial charge in [-0.1, -0.05) is 36.0 Å². The molecule has 7 heteroatoms. The lowest BCUT2D eigenvalue weighted by molar-refractivity contribution is 0.0993. The molecule has 4 nitrogen and oxygen atoms in total. The van der Waals surface area contributed by atoms with Gasteiger partial charge < -0.3 is 4.57 Å². The third-order valence-corrected chi connectivity index (χ3v) is 5.36. The second kappa shape index (κ2) is 8.00. The molecule has 1 heterocycles. The van der Waals surface area contributed by atoms with E-state index in [0.717, 1.165) is 29.1 Å². The van der Waals surface area contributed by atoms with Crippen molar-refractivity contribution in [2.45, 2.75) is 37.7 Å². The van der Waals surface area contributed by atoms with Gasteiger partial charge in [-0.15, -0.1) is 10.2 Å². The molecule has 140 valence electrons. The molecule has 0 saturated heterocycles. The van der Waals surface area contributed by atoms with Crippen molar-refractivity contribution >= 4 is 17.5 Å². The van der Waals surface area contributed by atoms with E-state index in [1.54, 1.807) is 6.92 Å². The summed E-state index contributed by atoms with van der Waals surface area (Å²) in [6.45, 7) is 6.35. The van der Waals surface area contributed by atoms with Crippen LogP contribution in [-0.4, -0.2) is 25.8 Å².